The number of nitrogens with zero attached hydrogens (tertiary/aromatic N) is 3. The molecule has 0 radical (unpaired) electrons. The van der Waals surface area contributed by atoms with E-state index in [0.717, 1.165) is 34.3 Å². The summed E-state index contributed by atoms with van der Waals surface area (Å²) in [6, 6.07) is 3.94. The van der Waals surface area contributed by atoms with Crippen LogP contribution in [0.3, 0.4) is 0 Å². The third kappa shape index (κ3) is 1.58. The van der Waals surface area contributed by atoms with E-state index in [0.29, 0.717) is 5.82 Å². The molecule has 2 N–H and O–H groups in total. The molecule has 3 heterocycles. The van der Waals surface area contributed by atoms with Crippen LogP contribution in [0.5, 0.6) is 0 Å². The van der Waals surface area contributed by atoms with Crippen molar-refractivity contribution >= 4 is 22.3 Å². The summed E-state index contributed by atoms with van der Waals surface area (Å²) in [5.41, 5.74) is 8.88. The molecule has 2 aromatic rings. The molecular weight excluding hydrogens is 212 g/mol. The van der Waals surface area contributed by atoms with Crippen LogP contribution in [0.4, 0.5) is 5.82 Å². The van der Waals surface area contributed by atoms with Gasteiger partial charge in [-0.3, -0.25) is 9.98 Å². The molecule has 0 atom stereocenters. The Morgan fingerprint density at radius 1 is 1.35 bits per heavy atom. The molecule has 2 aromatic heterocycles. The first-order valence-electron chi connectivity index (χ1n) is 5.48. The van der Waals surface area contributed by atoms with Crippen molar-refractivity contribution in [2.75, 3.05) is 12.3 Å². The van der Waals surface area contributed by atoms with Crippen molar-refractivity contribution in [1.29, 1.82) is 0 Å². The molecule has 0 fully saturated rings. The van der Waals surface area contributed by atoms with Crippen LogP contribution in [0.1, 0.15) is 12.6 Å². The highest BCUT2D eigenvalue weighted by Gasteiger charge is 2.13. The van der Waals surface area contributed by atoms with Gasteiger partial charge in [-0.15, -0.1) is 0 Å². The fraction of sp³-hybridized carbons (Fsp3) is 0.154. The van der Waals surface area contributed by atoms with Gasteiger partial charge < -0.3 is 5.73 Å². The molecule has 0 saturated carbocycles. The summed E-state index contributed by atoms with van der Waals surface area (Å²) in [4.78, 5) is 12.9. The van der Waals surface area contributed by atoms with Crippen LogP contribution in [-0.4, -0.2) is 22.2 Å². The molecule has 0 unspecified atom stereocenters. The molecule has 0 spiro atoms. The van der Waals surface area contributed by atoms with Gasteiger partial charge in [0.2, 0.25) is 0 Å². The maximum atomic E-state index is 5.94. The number of hydrogen-bond donors (Lipinski definition) is 1. The molecule has 0 aliphatic carbocycles. The van der Waals surface area contributed by atoms with Gasteiger partial charge in [-0.05, 0) is 30.0 Å². The number of nitrogen functional groups attached to an aromatic ring is 1. The van der Waals surface area contributed by atoms with E-state index in [4.69, 9.17) is 5.73 Å². The van der Waals surface area contributed by atoms with Crippen molar-refractivity contribution in [3.05, 3.63) is 41.9 Å². The maximum absolute atomic E-state index is 5.94. The molecule has 17 heavy (non-hydrogen) atoms. The van der Waals surface area contributed by atoms with Gasteiger partial charge in [0.25, 0.3) is 0 Å². The minimum Gasteiger partial charge on any atom is -0.383 e. The van der Waals surface area contributed by atoms with Crippen molar-refractivity contribution in [2.45, 2.75) is 6.92 Å². The summed E-state index contributed by atoms with van der Waals surface area (Å²) < 4.78 is 0. The summed E-state index contributed by atoms with van der Waals surface area (Å²) >= 11 is 0. The lowest BCUT2D eigenvalue weighted by atomic mass is 10.1. The van der Waals surface area contributed by atoms with Gasteiger partial charge in [0.15, 0.2) is 0 Å². The largest absolute Gasteiger partial charge is 0.383 e. The van der Waals surface area contributed by atoms with Crippen LogP contribution in [0.2, 0.25) is 0 Å². The van der Waals surface area contributed by atoms with E-state index in [1.807, 2.05) is 19.1 Å². The van der Waals surface area contributed by atoms with E-state index in [1.165, 1.54) is 0 Å². The Morgan fingerprint density at radius 3 is 3.00 bits per heavy atom. The van der Waals surface area contributed by atoms with Crippen molar-refractivity contribution in [3.8, 4) is 0 Å². The number of aliphatic imine (C=N–C) groups is 1. The summed E-state index contributed by atoms with van der Waals surface area (Å²) in [6.45, 7) is 2.78. The number of fused-ring (bicyclic) bond motifs is 1. The zero-order valence-electron chi connectivity index (χ0n) is 9.51. The van der Waals surface area contributed by atoms with E-state index in [1.54, 1.807) is 12.4 Å². The lowest BCUT2D eigenvalue weighted by molar-refractivity contribution is 1.26. The summed E-state index contributed by atoms with van der Waals surface area (Å²) in [7, 11) is 0. The molecule has 0 saturated heterocycles. The van der Waals surface area contributed by atoms with Crippen LogP contribution in [0.15, 0.2) is 41.2 Å². The Morgan fingerprint density at radius 2 is 2.24 bits per heavy atom. The molecule has 4 nitrogen and oxygen atoms in total. The first kappa shape index (κ1) is 9.96. The lowest BCUT2D eigenvalue weighted by Crippen LogP contribution is -2.05. The number of pyridine rings is 2. The predicted molar refractivity (Wildman–Crippen MR) is 69.1 cm³/mol. The van der Waals surface area contributed by atoms with E-state index < -0.39 is 0 Å². The molecule has 0 aromatic carbocycles. The fourth-order valence-electron chi connectivity index (χ4n) is 2.01. The molecule has 84 valence electrons. The molecule has 0 bridgehead atoms. The fourth-order valence-corrected chi connectivity index (χ4v) is 2.01. The first-order chi connectivity index (χ1) is 8.25. The standard InChI is InChI=1S/C13H12N4/c1-8-2-5-16-12(8)11-6-9-3-4-15-7-10(9)13(14)17-11/h2-4,6-7H,5H2,1H3,(H2,14,17). The summed E-state index contributed by atoms with van der Waals surface area (Å²) in [5.74, 6) is 0.507. The van der Waals surface area contributed by atoms with Gasteiger partial charge in [0.1, 0.15) is 5.82 Å². The molecule has 1 aliphatic rings. The number of nitrogens with two attached hydrogens (primary N) is 1. The smallest absolute Gasteiger partial charge is 0.133 e. The van der Waals surface area contributed by atoms with Gasteiger partial charge in [-0.2, -0.15) is 0 Å². The molecule has 1 aliphatic heterocycles. The van der Waals surface area contributed by atoms with E-state index >= 15 is 0 Å². The highest BCUT2D eigenvalue weighted by Crippen LogP contribution is 2.22. The SMILES string of the molecule is CC1=CCN=C1c1cc2ccncc2c(N)n1. The van der Waals surface area contributed by atoms with Crippen LogP contribution >= 0.6 is 0 Å². The predicted octanol–water partition coefficient (Wildman–Crippen LogP) is 1.96. The van der Waals surface area contributed by atoms with E-state index in [2.05, 4.69) is 21.0 Å². The van der Waals surface area contributed by atoms with Gasteiger partial charge in [0.05, 0.1) is 18.0 Å². The highest BCUT2D eigenvalue weighted by molar-refractivity contribution is 6.14. The second-order valence-corrected chi connectivity index (χ2v) is 4.07. The quantitative estimate of drug-likeness (QED) is 0.805. The van der Waals surface area contributed by atoms with Crippen LogP contribution in [0.25, 0.3) is 10.8 Å². The van der Waals surface area contributed by atoms with Crippen LogP contribution in [-0.2, 0) is 0 Å². The minimum atomic E-state index is 0.507. The average molecular weight is 224 g/mol. The monoisotopic (exact) mass is 224 g/mol. The van der Waals surface area contributed by atoms with Gasteiger partial charge in [-0.25, -0.2) is 4.98 Å². The Hall–Kier alpha value is -2.23. The molecule has 3 rings (SSSR count). The van der Waals surface area contributed by atoms with Gasteiger partial charge in [-0.1, -0.05) is 6.08 Å². The maximum Gasteiger partial charge on any atom is 0.133 e. The van der Waals surface area contributed by atoms with E-state index in [9.17, 15) is 0 Å². The Balaban J connectivity index is 2.23. The zero-order valence-corrected chi connectivity index (χ0v) is 9.51. The third-order valence-corrected chi connectivity index (χ3v) is 2.93. The molecular formula is C13H12N4. The van der Waals surface area contributed by atoms with Crippen molar-refractivity contribution < 1.29 is 0 Å². The minimum absolute atomic E-state index is 0.507. The number of allylic oxidation sites excluding steroid dienone is 1. The highest BCUT2D eigenvalue weighted by atomic mass is 14.9. The number of hydrogen-bond acceptors (Lipinski definition) is 4. The van der Waals surface area contributed by atoms with Crippen molar-refractivity contribution in [3.63, 3.8) is 0 Å². The molecule has 0 amide bonds. The summed E-state index contributed by atoms with van der Waals surface area (Å²) in [6.07, 6.45) is 5.58. The number of anilines is 1. The van der Waals surface area contributed by atoms with Crippen LogP contribution < -0.4 is 5.73 Å². The molecule has 4 heteroatoms. The normalized spacial score (nSPS) is 14.9. The second kappa shape index (κ2) is 3.66. The number of aromatic nitrogens is 2. The topological polar surface area (TPSA) is 64.2 Å². The van der Waals surface area contributed by atoms with Gasteiger partial charge in [0, 0.05) is 17.8 Å². The average Bonchev–Trinajstić information content (AvgIpc) is 2.75. The Bertz CT molecular complexity index is 656. The zero-order chi connectivity index (χ0) is 11.8. The van der Waals surface area contributed by atoms with Crippen LogP contribution in [0, 0.1) is 0 Å². The Labute approximate surface area is 98.9 Å². The third-order valence-electron chi connectivity index (χ3n) is 2.93. The number of rotatable bonds is 1. The van der Waals surface area contributed by atoms with Gasteiger partial charge >= 0.3 is 0 Å². The van der Waals surface area contributed by atoms with E-state index in [-0.39, 0.29) is 0 Å². The first-order valence-corrected chi connectivity index (χ1v) is 5.48. The lowest BCUT2D eigenvalue weighted by Gasteiger charge is -2.06. The van der Waals surface area contributed by atoms with Crippen molar-refractivity contribution in [2.24, 2.45) is 4.99 Å². The van der Waals surface area contributed by atoms with Crippen molar-refractivity contribution in [1.82, 2.24) is 9.97 Å². The Kier molecular flexibility index (Phi) is 2.14. The second-order valence-electron chi connectivity index (χ2n) is 4.07. The summed E-state index contributed by atoms with van der Waals surface area (Å²) in [5, 5.41) is 1.93.